The molecule has 0 N–H and O–H groups in total. The second-order valence-corrected chi connectivity index (χ2v) is 5.42. The quantitative estimate of drug-likeness (QED) is 0.793. The van der Waals surface area contributed by atoms with Crippen molar-refractivity contribution in [2.24, 2.45) is 5.92 Å². The minimum absolute atomic E-state index is 0.825. The van der Waals surface area contributed by atoms with Gasteiger partial charge in [0.25, 0.3) is 0 Å². The third-order valence-corrected chi connectivity index (χ3v) is 4.07. The zero-order chi connectivity index (χ0) is 11.4. The van der Waals surface area contributed by atoms with E-state index in [1.807, 2.05) is 12.4 Å². The maximum absolute atomic E-state index is 4.25. The molecule has 2 nitrogen and oxygen atoms in total. The molecule has 0 aliphatic carbocycles. The molecule has 1 saturated heterocycles. The zero-order valence-corrected chi connectivity index (χ0v) is 11.4. The highest BCUT2D eigenvalue weighted by atomic mass is 79.9. The molecule has 1 atom stereocenters. The van der Waals surface area contributed by atoms with E-state index in [4.69, 9.17) is 0 Å². The fourth-order valence-electron chi connectivity index (χ4n) is 2.38. The summed E-state index contributed by atoms with van der Waals surface area (Å²) in [6, 6.07) is 2.24. The molecule has 0 radical (unpaired) electrons. The molecule has 0 saturated carbocycles. The van der Waals surface area contributed by atoms with Gasteiger partial charge >= 0.3 is 0 Å². The molecule has 1 aromatic heterocycles. The van der Waals surface area contributed by atoms with Crippen molar-refractivity contribution < 1.29 is 0 Å². The number of piperidine rings is 1. The summed E-state index contributed by atoms with van der Waals surface area (Å²) in [6.07, 6.45) is 6.61. The van der Waals surface area contributed by atoms with E-state index >= 15 is 0 Å². The van der Waals surface area contributed by atoms with Gasteiger partial charge in [-0.15, -0.1) is 0 Å². The number of halogens is 1. The van der Waals surface area contributed by atoms with Crippen molar-refractivity contribution in [1.82, 2.24) is 9.88 Å². The van der Waals surface area contributed by atoms with Crippen LogP contribution in [0.15, 0.2) is 18.5 Å². The molecular weight excluding hydrogens is 264 g/mol. The summed E-state index contributed by atoms with van der Waals surface area (Å²) < 4.78 is 0. The van der Waals surface area contributed by atoms with Crippen molar-refractivity contribution in [3.05, 3.63) is 29.6 Å². The van der Waals surface area contributed by atoms with Gasteiger partial charge in [-0.2, -0.15) is 0 Å². The molecule has 0 bridgehead atoms. The van der Waals surface area contributed by atoms with E-state index in [9.17, 15) is 0 Å². The second-order valence-electron chi connectivity index (χ2n) is 4.77. The SMILES string of the molecule is Cc1cncc(CN2CCCC(CBr)C2)c1. The van der Waals surface area contributed by atoms with Gasteiger partial charge in [-0.3, -0.25) is 9.88 Å². The van der Waals surface area contributed by atoms with Crippen LogP contribution in [0.3, 0.4) is 0 Å². The van der Waals surface area contributed by atoms with Gasteiger partial charge in [0, 0.05) is 30.8 Å². The van der Waals surface area contributed by atoms with E-state index in [-0.39, 0.29) is 0 Å². The van der Waals surface area contributed by atoms with Gasteiger partial charge in [-0.25, -0.2) is 0 Å². The van der Waals surface area contributed by atoms with E-state index < -0.39 is 0 Å². The molecular formula is C13H19BrN2. The summed E-state index contributed by atoms with van der Waals surface area (Å²) in [7, 11) is 0. The second kappa shape index (κ2) is 5.78. The van der Waals surface area contributed by atoms with E-state index in [0.29, 0.717) is 0 Å². The van der Waals surface area contributed by atoms with Crippen molar-refractivity contribution in [2.75, 3.05) is 18.4 Å². The molecule has 0 spiro atoms. The minimum atomic E-state index is 0.825. The first-order chi connectivity index (χ1) is 7.78. The Bertz CT molecular complexity index is 340. The maximum Gasteiger partial charge on any atom is 0.0313 e. The lowest BCUT2D eigenvalue weighted by atomic mass is 10.00. The van der Waals surface area contributed by atoms with Crippen LogP contribution in [0.4, 0.5) is 0 Å². The van der Waals surface area contributed by atoms with Gasteiger partial charge in [-0.05, 0) is 43.4 Å². The third-order valence-electron chi connectivity index (χ3n) is 3.16. The minimum Gasteiger partial charge on any atom is -0.299 e. The Morgan fingerprint density at radius 2 is 2.38 bits per heavy atom. The lowest BCUT2D eigenvalue weighted by Gasteiger charge is -2.31. The molecule has 1 unspecified atom stereocenters. The van der Waals surface area contributed by atoms with Crippen LogP contribution < -0.4 is 0 Å². The number of hydrogen-bond donors (Lipinski definition) is 0. The highest BCUT2D eigenvalue weighted by Crippen LogP contribution is 2.19. The van der Waals surface area contributed by atoms with Crippen LogP contribution in [0.5, 0.6) is 0 Å². The average molecular weight is 283 g/mol. The summed E-state index contributed by atoms with van der Waals surface area (Å²) in [6.45, 7) is 5.61. The van der Waals surface area contributed by atoms with Crippen LogP contribution in [0, 0.1) is 12.8 Å². The first kappa shape index (κ1) is 12.1. The van der Waals surface area contributed by atoms with Crippen LogP contribution >= 0.6 is 15.9 Å². The molecule has 1 aliphatic heterocycles. The number of aryl methyl sites for hydroxylation is 1. The molecule has 2 heterocycles. The lowest BCUT2D eigenvalue weighted by molar-refractivity contribution is 0.179. The molecule has 2 rings (SSSR count). The van der Waals surface area contributed by atoms with E-state index in [2.05, 4.69) is 38.8 Å². The van der Waals surface area contributed by atoms with Crippen molar-refractivity contribution in [3.63, 3.8) is 0 Å². The number of hydrogen-bond acceptors (Lipinski definition) is 2. The Morgan fingerprint density at radius 1 is 1.50 bits per heavy atom. The first-order valence-corrected chi connectivity index (χ1v) is 7.09. The third kappa shape index (κ3) is 3.29. The first-order valence-electron chi connectivity index (χ1n) is 5.97. The van der Waals surface area contributed by atoms with Gasteiger partial charge in [0.2, 0.25) is 0 Å². The summed E-state index contributed by atoms with van der Waals surface area (Å²) >= 11 is 3.60. The number of pyridine rings is 1. The molecule has 16 heavy (non-hydrogen) atoms. The molecule has 1 aromatic rings. The molecule has 1 aliphatic rings. The topological polar surface area (TPSA) is 16.1 Å². The summed E-state index contributed by atoms with van der Waals surface area (Å²) in [5, 5.41) is 1.13. The van der Waals surface area contributed by atoms with Gasteiger partial charge in [0.15, 0.2) is 0 Å². The van der Waals surface area contributed by atoms with Gasteiger partial charge in [-0.1, -0.05) is 22.0 Å². The predicted octanol–water partition coefficient (Wildman–Crippen LogP) is 3.00. The van der Waals surface area contributed by atoms with Crippen LogP contribution in [-0.4, -0.2) is 28.3 Å². The van der Waals surface area contributed by atoms with E-state index in [1.54, 1.807) is 0 Å². The standard InChI is InChI=1S/C13H19BrN2/c1-11-5-13(8-15-7-11)10-16-4-2-3-12(6-14)9-16/h5,7-8,12H,2-4,6,9-10H2,1H3. The fourth-order valence-corrected chi connectivity index (χ4v) is 2.91. The summed E-state index contributed by atoms with van der Waals surface area (Å²) in [4.78, 5) is 6.80. The van der Waals surface area contributed by atoms with Crippen molar-refractivity contribution in [2.45, 2.75) is 26.3 Å². The molecule has 3 heteroatoms. The summed E-state index contributed by atoms with van der Waals surface area (Å²) in [5.41, 5.74) is 2.60. The highest BCUT2D eigenvalue weighted by Gasteiger charge is 2.18. The number of rotatable bonds is 3. The van der Waals surface area contributed by atoms with Crippen LogP contribution in [0.25, 0.3) is 0 Å². The smallest absolute Gasteiger partial charge is 0.0313 e. The normalized spacial score (nSPS) is 22.2. The van der Waals surface area contributed by atoms with E-state index in [1.165, 1.54) is 37.1 Å². The molecule has 0 aromatic carbocycles. The molecule has 0 amide bonds. The van der Waals surface area contributed by atoms with Crippen LogP contribution in [-0.2, 0) is 6.54 Å². The fraction of sp³-hybridized carbons (Fsp3) is 0.615. The number of alkyl halides is 1. The average Bonchev–Trinajstić information content (AvgIpc) is 2.29. The van der Waals surface area contributed by atoms with E-state index in [0.717, 1.165) is 17.8 Å². The maximum atomic E-state index is 4.25. The number of aromatic nitrogens is 1. The Balaban J connectivity index is 1.94. The van der Waals surface area contributed by atoms with Crippen LogP contribution in [0.1, 0.15) is 24.0 Å². The van der Waals surface area contributed by atoms with Gasteiger partial charge in [0.05, 0.1) is 0 Å². The lowest BCUT2D eigenvalue weighted by Crippen LogP contribution is -2.35. The van der Waals surface area contributed by atoms with Gasteiger partial charge in [0.1, 0.15) is 0 Å². The predicted molar refractivity (Wildman–Crippen MR) is 70.8 cm³/mol. The summed E-state index contributed by atoms with van der Waals surface area (Å²) in [5.74, 6) is 0.825. The van der Waals surface area contributed by atoms with Crippen LogP contribution in [0.2, 0.25) is 0 Å². The van der Waals surface area contributed by atoms with Gasteiger partial charge < -0.3 is 0 Å². The number of likely N-dealkylation sites (tertiary alicyclic amines) is 1. The highest BCUT2D eigenvalue weighted by molar-refractivity contribution is 9.09. The molecule has 1 fully saturated rings. The Kier molecular flexibility index (Phi) is 4.36. The Labute approximate surface area is 106 Å². The number of nitrogens with zero attached hydrogens (tertiary/aromatic N) is 2. The molecule has 88 valence electrons. The largest absolute Gasteiger partial charge is 0.299 e. The van der Waals surface area contributed by atoms with Crippen molar-refractivity contribution in [1.29, 1.82) is 0 Å². The zero-order valence-electron chi connectivity index (χ0n) is 9.82. The Hall–Kier alpha value is -0.410. The van der Waals surface area contributed by atoms with Crippen molar-refractivity contribution >= 4 is 15.9 Å². The van der Waals surface area contributed by atoms with Crippen molar-refractivity contribution in [3.8, 4) is 0 Å². The monoisotopic (exact) mass is 282 g/mol. The Morgan fingerprint density at radius 3 is 3.12 bits per heavy atom.